The maximum Gasteiger partial charge on any atom is 0.279 e. The van der Waals surface area contributed by atoms with Gasteiger partial charge in [0.1, 0.15) is 0 Å². The van der Waals surface area contributed by atoms with Crippen molar-refractivity contribution in [1.29, 1.82) is 0 Å². The lowest BCUT2D eigenvalue weighted by atomic mass is 10.2. The van der Waals surface area contributed by atoms with Gasteiger partial charge in [0.2, 0.25) is 0 Å². The van der Waals surface area contributed by atoms with Gasteiger partial charge in [0.25, 0.3) is 10.2 Å². The van der Waals surface area contributed by atoms with E-state index < -0.39 is 10.2 Å². The Balaban J connectivity index is 2.59. The largest absolute Gasteiger partial charge is 0.396 e. The van der Waals surface area contributed by atoms with E-state index in [1.807, 2.05) is 13.0 Å². The van der Waals surface area contributed by atoms with E-state index in [1.54, 1.807) is 12.3 Å². The molecule has 0 aliphatic rings. The predicted octanol–water partition coefficient (Wildman–Crippen LogP) is 0.0386. The highest BCUT2D eigenvalue weighted by atomic mass is 32.2. The van der Waals surface area contributed by atoms with Crippen LogP contribution < -0.4 is 4.72 Å². The first-order valence-corrected chi connectivity index (χ1v) is 7.13. The molecule has 1 aromatic rings. The number of aliphatic hydroxyl groups excluding tert-OH is 1. The summed E-state index contributed by atoms with van der Waals surface area (Å²) >= 11 is 0. The summed E-state index contributed by atoms with van der Waals surface area (Å²) in [7, 11) is -2.04. The summed E-state index contributed by atoms with van der Waals surface area (Å²) in [5.41, 5.74) is 1.65. The van der Waals surface area contributed by atoms with Gasteiger partial charge in [-0.25, -0.2) is 0 Å². The molecule has 1 aromatic heterocycles. The Kier molecular flexibility index (Phi) is 5.67. The third kappa shape index (κ3) is 4.34. The molecule has 1 heterocycles. The topological polar surface area (TPSA) is 82.5 Å². The summed E-state index contributed by atoms with van der Waals surface area (Å²) in [6.07, 6.45) is 2.05. The summed E-state index contributed by atoms with van der Waals surface area (Å²) in [4.78, 5) is 4.12. The van der Waals surface area contributed by atoms with Crippen molar-refractivity contribution in [2.75, 3.05) is 20.2 Å². The minimum atomic E-state index is -3.52. The summed E-state index contributed by atoms with van der Waals surface area (Å²) in [6.45, 7) is 2.30. The highest BCUT2D eigenvalue weighted by Crippen LogP contribution is 2.04. The van der Waals surface area contributed by atoms with Crippen molar-refractivity contribution in [2.45, 2.75) is 19.9 Å². The SMILES string of the molecule is Cc1cccnc1CNS(=O)(=O)N(C)CCCO. The fraction of sp³-hybridized carbons (Fsp3) is 0.545. The van der Waals surface area contributed by atoms with Gasteiger partial charge in [-0.05, 0) is 25.0 Å². The normalized spacial score (nSPS) is 12.0. The molecule has 0 radical (unpaired) electrons. The molecular formula is C11H19N3O3S. The van der Waals surface area contributed by atoms with Crippen molar-refractivity contribution in [3.05, 3.63) is 29.6 Å². The van der Waals surface area contributed by atoms with E-state index in [0.29, 0.717) is 12.1 Å². The number of nitrogens with zero attached hydrogens (tertiary/aromatic N) is 2. The molecule has 0 aromatic carbocycles. The second kappa shape index (κ2) is 6.79. The van der Waals surface area contributed by atoms with Gasteiger partial charge in [0.15, 0.2) is 0 Å². The van der Waals surface area contributed by atoms with Gasteiger partial charge in [-0.15, -0.1) is 0 Å². The Labute approximate surface area is 108 Å². The molecule has 0 aliphatic carbocycles. The number of aliphatic hydroxyl groups is 1. The third-order valence-electron chi connectivity index (χ3n) is 2.58. The average Bonchev–Trinajstić information content (AvgIpc) is 2.35. The predicted molar refractivity (Wildman–Crippen MR) is 69.1 cm³/mol. The molecule has 2 N–H and O–H groups in total. The van der Waals surface area contributed by atoms with Crippen molar-refractivity contribution in [3.8, 4) is 0 Å². The van der Waals surface area contributed by atoms with Crippen molar-refractivity contribution in [2.24, 2.45) is 0 Å². The highest BCUT2D eigenvalue weighted by molar-refractivity contribution is 7.87. The number of rotatable bonds is 7. The Morgan fingerprint density at radius 3 is 2.83 bits per heavy atom. The van der Waals surface area contributed by atoms with Crippen LogP contribution in [0.5, 0.6) is 0 Å². The first-order chi connectivity index (χ1) is 8.47. The van der Waals surface area contributed by atoms with Gasteiger partial charge >= 0.3 is 0 Å². The lowest BCUT2D eigenvalue weighted by Crippen LogP contribution is -2.38. The van der Waals surface area contributed by atoms with Crippen molar-refractivity contribution in [3.63, 3.8) is 0 Å². The minimum absolute atomic E-state index is 0.0286. The number of hydrogen-bond acceptors (Lipinski definition) is 4. The van der Waals surface area contributed by atoms with Crippen LogP contribution in [0.15, 0.2) is 18.3 Å². The number of pyridine rings is 1. The smallest absolute Gasteiger partial charge is 0.279 e. The zero-order chi connectivity index (χ0) is 13.6. The van der Waals surface area contributed by atoms with Gasteiger partial charge in [0, 0.05) is 26.4 Å². The second-order valence-corrected chi connectivity index (χ2v) is 5.85. The Morgan fingerprint density at radius 2 is 2.22 bits per heavy atom. The molecule has 1 rings (SSSR count). The zero-order valence-electron chi connectivity index (χ0n) is 10.6. The molecule has 6 nitrogen and oxygen atoms in total. The fourth-order valence-corrected chi connectivity index (χ4v) is 2.30. The number of hydrogen-bond donors (Lipinski definition) is 2. The molecular weight excluding hydrogens is 254 g/mol. The van der Waals surface area contributed by atoms with Crippen molar-refractivity contribution >= 4 is 10.2 Å². The van der Waals surface area contributed by atoms with Crippen molar-refractivity contribution in [1.82, 2.24) is 14.0 Å². The van der Waals surface area contributed by atoms with Gasteiger partial charge in [-0.3, -0.25) is 4.98 Å². The Hall–Kier alpha value is -1.02. The minimum Gasteiger partial charge on any atom is -0.396 e. The summed E-state index contributed by atoms with van der Waals surface area (Å²) < 4.78 is 27.3. The first-order valence-electron chi connectivity index (χ1n) is 5.69. The van der Waals surface area contributed by atoms with Crippen molar-refractivity contribution < 1.29 is 13.5 Å². The molecule has 102 valence electrons. The summed E-state index contributed by atoms with van der Waals surface area (Å²) in [6, 6.07) is 3.69. The quantitative estimate of drug-likeness (QED) is 0.735. The highest BCUT2D eigenvalue weighted by Gasteiger charge is 2.16. The van der Waals surface area contributed by atoms with E-state index in [2.05, 4.69) is 9.71 Å². The third-order valence-corrected chi connectivity index (χ3v) is 4.09. The maximum absolute atomic E-state index is 11.8. The standard InChI is InChI=1S/C11H19N3O3S/c1-10-5-3-6-12-11(10)9-13-18(16,17)14(2)7-4-8-15/h3,5-6,13,15H,4,7-9H2,1-2H3. The molecule has 18 heavy (non-hydrogen) atoms. The molecule has 0 saturated heterocycles. The average molecular weight is 273 g/mol. The van der Waals surface area contributed by atoms with Crippen LogP contribution in [0.25, 0.3) is 0 Å². The van der Waals surface area contributed by atoms with E-state index in [9.17, 15) is 8.42 Å². The van der Waals surface area contributed by atoms with E-state index in [1.165, 1.54) is 11.4 Å². The van der Waals surface area contributed by atoms with E-state index in [4.69, 9.17) is 5.11 Å². The zero-order valence-corrected chi connectivity index (χ0v) is 11.4. The van der Waals surface area contributed by atoms with Crippen LogP contribution in [0.1, 0.15) is 17.7 Å². The van der Waals surface area contributed by atoms with Gasteiger partial charge in [-0.2, -0.15) is 17.4 Å². The number of aryl methyl sites for hydroxylation is 1. The van der Waals surface area contributed by atoms with Crippen LogP contribution in [-0.2, 0) is 16.8 Å². The molecule has 0 saturated carbocycles. The van der Waals surface area contributed by atoms with Gasteiger partial charge in [-0.1, -0.05) is 6.07 Å². The van der Waals surface area contributed by atoms with E-state index in [-0.39, 0.29) is 19.7 Å². The monoisotopic (exact) mass is 273 g/mol. The van der Waals surface area contributed by atoms with E-state index in [0.717, 1.165) is 5.56 Å². The lowest BCUT2D eigenvalue weighted by molar-refractivity contribution is 0.275. The number of aromatic nitrogens is 1. The molecule has 0 atom stereocenters. The molecule has 0 aliphatic heterocycles. The molecule has 7 heteroatoms. The van der Waals surface area contributed by atoms with Crippen LogP contribution in [0.2, 0.25) is 0 Å². The van der Waals surface area contributed by atoms with Gasteiger partial charge in [0.05, 0.1) is 12.2 Å². The van der Waals surface area contributed by atoms with Crippen LogP contribution >= 0.6 is 0 Å². The number of nitrogens with one attached hydrogen (secondary N) is 1. The maximum atomic E-state index is 11.8. The molecule has 0 fully saturated rings. The molecule has 0 spiro atoms. The van der Waals surface area contributed by atoms with Crippen LogP contribution in [-0.4, -0.2) is 43.0 Å². The van der Waals surface area contributed by atoms with E-state index >= 15 is 0 Å². The molecule has 0 amide bonds. The Bertz CT molecular complexity index is 476. The Morgan fingerprint density at radius 1 is 1.50 bits per heavy atom. The summed E-state index contributed by atoms with van der Waals surface area (Å²) in [5.74, 6) is 0. The van der Waals surface area contributed by atoms with Crippen LogP contribution in [0.3, 0.4) is 0 Å². The molecule has 0 unspecified atom stereocenters. The fourth-order valence-electron chi connectivity index (χ4n) is 1.39. The first kappa shape index (κ1) is 15.0. The lowest BCUT2D eigenvalue weighted by Gasteiger charge is -2.17. The molecule has 0 bridgehead atoms. The van der Waals surface area contributed by atoms with Gasteiger partial charge < -0.3 is 5.11 Å². The van der Waals surface area contributed by atoms with Crippen LogP contribution in [0, 0.1) is 6.92 Å². The summed E-state index contributed by atoms with van der Waals surface area (Å²) in [5, 5.41) is 8.67. The van der Waals surface area contributed by atoms with Crippen LogP contribution in [0.4, 0.5) is 0 Å². The second-order valence-electron chi connectivity index (χ2n) is 3.99.